The highest BCUT2D eigenvalue weighted by molar-refractivity contribution is 5.68. The molecule has 1 fully saturated rings. The molecule has 3 rings (SSSR count). The summed E-state index contributed by atoms with van der Waals surface area (Å²) in [6.45, 7) is 5.83. The van der Waals surface area contributed by atoms with Crippen molar-refractivity contribution in [3.05, 3.63) is 23.8 Å². The van der Waals surface area contributed by atoms with Gasteiger partial charge in [-0.25, -0.2) is 0 Å². The standard InChI is InChI=1S/C16H24N2/c1-3-13-10-9-12(2)18(13)16-8-4-7-15-14(16)6-5-11-17-15/h4,7-8,12-13,17H,3,5-6,9-11H2,1-2H3. The van der Waals surface area contributed by atoms with Gasteiger partial charge in [-0.05, 0) is 56.7 Å². The molecule has 1 aromatic carbocycles. The minimum absolute atomic E-state index is 0.698. The number of anilines is 2. The summed E-state index contributed by atoms with van der Waals surface area (Å²) in [5, 5.41) is 3.55. The van der Waals surface area contributed by atoms with E-state index in [1.165, 1.54) is 43.5 Å². The topological polar surface area (TPSA) is 15.3 Å². The summed E-state index contributed by atoms with van der Waals surface area (Å²) in [4.78, 5) is 2.69. The Labute approximate surface area is 110 Å². The molecule has 0 bridgehead atoms. The lowest BCUT2D eigenvalue weighted by molar-refractivity contribution is 0.624. The average molecular weight is 244 g/mol. The van der Waals surface area contributed by atoms with Crippen LogP contribution in [0.1, 0.15) is 45.1 Å². The monoisotopic (exact) mass is 244 g/mol. The Bertz CT molecular complexity index is 427. The second-order valence-electron chi connectivity index (χ2n) is 5.73. The second kappa shape index (κ2) is 4.83. The van der Waals surface area contributed by atoms with E-state index in [2.05, 4.69) is 42.3 Å². The Morgan fingerprint density at radius 3 is 3.06 bits per heavy atom. The molecule has 0 spiro atoms. The quantitative estimate of drug-likeness (QED) is 0.851. The van der Waals surface area contributed by atoms with Crippen molar-refractivity contribution < 1.29 is 0 Å². The molecular formula is C16H24N2. The fraction of sp³-hybridized carbons (Fsp3) is 0.625. The van der Waals surface area contributed by atoms with Gasteiger partial charge in [-0.1, -0.05) is 13.0 Å². The van der Waals surface area contributed by atoms with Crippen molar-refractivity contribution in [1.29, 1.82) is 0 Å². The summed E-state index contributed by atoms with van der Waals surface area (Å²) in [5.74, 6) is 0. The van der Waals surface area contributed by atoms with E-state index in [4.69, 9.17) is 0 Å². The molecule has 2 heteroatoms. The molecule has 2 heterocycles. The lowest BCUT2D eigenvalue weighted by Crippen LogP contribution is -2.35. The molecule has 98 valence electrons. The van der Waals surface area contributed by atoms with E-state index >= 15 is 0 Å². The summed E-state index contributed by atoms with van der Waals surface area (Å²) in [6, 6.07) is 8.22. The third-order valence-electron chi connectivity index (χ3n) is 4.61. The summed E-state index contributed by atoms with van der Waals surface area (Å²) in [7, 11) is 0. The Kier molecular flexibility index (Phi) is 3.19. The first-order valence-electron chi connectivity index (χ1n) is 7.45. The van der Waals surface area contributed by atoms with E-state index in [0.29, 0.717) is 6.04 Å². The van der Waals surface area contributed by atoms with Gasteiger partial charge in [0, 0.05) is 30.0 Å². The molecule has 0 radical (unpaired) electrons. The molecule has 18 heavy (non-hydrogen) atoms. The fourth-order valence-electron chi connectivity index (χ4n) is 3.64. The molecule has 0 saturated carbocycles. The first-order chi connectivity index (χ1) is 8.81. The Hall–Kier alpha value is -1.18. The van der Waals surface area contributed by atoms with Crippen LogP contribution in [0.25, 0.3) is 0 Å². The number of nitrogens with one attached hydrogen (secondary N) is 1. The van der Waals surface area contributed by atoms with Crippen molar-refractivity contribution in [2.75, 3.05) is 16.8 Å². The molecule has 2 atom stereocenters. The fourth-order valence-corrected chi connectivity index (χ4v) is 3.64. The maximum absolute atomic E-state index is 3.55. The van der Waals surface area contributed by atoms with Gasteiger partial charge in [0.2, 0.25) is 0 Å². The van der Waals surface area contributed by atoms with Gasteiger partial charge in [-0.2, -0.15) is 0 Å². The number of hydrogen-bond donors (Lipinski definition) is 1. The zero-order valence-electron chi connectivity index (χ0n) is 11.6. The van der Waals surface area contributed by atoms with Crippen LogP contribution in [0.4, 0.5) is 11.4 Å². The number of nitrogens with zero attached hydrogens (tertiary/aromatic N) is 1. The number of benzene rings is 1. The zero-order chi connectivity index (χ0) is 12.5. The van der Waals surface area contributed by atoms with Crippen LogP contribution in [0.15, 0.2) is 18.2 Å². The van der Waals surface area contributed by atoms with E-state index in [9.17, 15) is 0 Å². The molecule has 2 nitrogen and oxygen atoms in total. The van der Waals surface area contributed by atoms with Crippen LogP contribution in [-0.4, -0.2) is 18.6 Å². The SMILES string of the molecule is CCC1CCC(C)N1c1cccc2c1CCCN2. The van der Waals surface area contributed by atoms with Gasteiger partial charge < -0.3 is 10.2 Å². The Morgan fingerprint density at radius 2 is 2.22 bits per heavy atom. The molecule has 2 aliphatic rings. The van der Waals surface area contributed by atoms with Crippen molar-refractivity contribution in [2.45, 2.75) is 58.0 Å². The number of hydrogen-bond acceptors (Lipinski definition) is 2. The van der Waals surface area contributed by atoms with Gasteiger partial charge in [-0.3, -0.25) is 0 Å². The van der Waals surface area contributed by atoms with E-state index < -0.39 is 0 Å². The van der Waals surface area contributed by atoms with Crippen LogP contribution in [0.5, 0.6) is 0 Å². The maximum Gasteiger partial charge on any atom is 0.0424 e. The van der Waals surface area contributed by atoms with Gasteiger partial charge in [0.15, 0.2) is 0 Å². The molecule has 2 unspecified atom stereocenters. The van der Waals surface area contributed by atoms with Crippen molar-refractivity contribution in [1.82, 2.24) is 0 Å². The van der Waals surface area contributed by atoms with Crippen molar-refractivity contribution in [2.24, 2.45) is 0 Å². The summed E-state index contributed by atoms with van der Waals surface area (Å²) < 4.78 is 0. The predicted molar refractivity (Wildman–Crippen MR) is 78.5 cm³/mol. The smallest absolute Gasteiger partial charge is 0.0424 e. The van der Waals surface area contributed by atoms with Crippen LogP contribution >= 0.6 is 0 Å². The van der Waals surface area contributed by atoms with Gasteiger partial charge >= 0.3 is 0 Å². The second-order valence-corrected chi connectivity index (χ2v) is 5.73. The van der Waals surface area contributed by atoms with Crippen molar-refractivity contribution >= 4 is 11.4 Å². The summed E-state index contributed by atoms with van der Waals surface area (Å²) >= 11 is 0. The lowest BCUT2D eigenvalue weighted by Gasteiger charge is -2.34. The van der Waals surface area contributed by atoms with Gasteiger partial charge in [0.1, 0.15) is 0 Å². The molecule has 0 aromatic heterocycles. The van der Waals surface area contributed by atoms with Crippen LogP contribution in [0, 0.1) is 0 Å². The van der Waals surface area contributed by atoms with Gasteiger partial charge in [0.25, 0.3) is 0 Å². The van der Waals surface area contributed by atoms with Gasteiger partial charge in [-0.15, -0.1) is 0 Å². The minimum atomic E-state index is 0.698. The predicted octanol–water partition coefficient (Wildman–Crippen LogP) is 3.81. The van der Waals surface area contributed by atoms with Crippen molar-refractivity contribution in [3.8, 4) is 0 Å². The summed E-state index contributed by atoms with van der Waals surface area (Å²) in [5.41, 5.74) is 4.42. The third kappa shape index (κ3) is 1.88. The van der Waals surface area contributed by atoms with E-state index in [-0.39, 0.29) is 0 Å². The lowest BCUT2D eigenvalue weighted by atomic mass is 9.99. The normalized spacial score (nSPS) is 26.9. The Balaban J connectivity index is 2.00. The minimum Gasteiger partial charge on any atom is -0.385 e. The molecule has 1 aromatic rings. The zero-order valence-corrected chi connectivity index (χ0v) is 11.6. The first kappa shape index (κ1) is 11.9. The number of fused-ring (bicyclic) bond motifs is 1. The average Bonchev–Trinajstić information content (AvgIpc) is 2.79. The number of rotatable bonds is 2. The van der Waals surface area contributed by atoms with Crippen LogP contribution in [-0.2, 0) is 6.42 Å². The maximum atomic E-state index is 3.55. The molecule has 0 aliphatic carbocycles. The summed E-state index contributed by atoms with van der Waals surface area (Å²) in [6.07, 6.45) is 6.47. The highest BCUT2D eigenvalue weighted by Gasteiger charge is 2.31. The molecule has 1 N–H and O–H groups in total. The molecule has 2 aliphatic heterocycles. The van der Waals surface area contributed by atoms with Gasteiger partial charge in [0.05, 0.1) is 0 Å². The van der Waals surface area contributed by atoms with E-state index in [0.717, 1.165) is 12.6 Å². The van der Waals surface area contributed by atoms with Crippen molar-refractivity contribution in [3.63, 3.8) is 0 Å². The van der Waals surface area contributed by atoms with Crippen LogP contribution < -0.4 is 10.2 Å². The highest BCUT2D eigenvalue weighted by atomic mass is 15.2. The van der Waals surface area contributed by atoms with E-state index in [1.807, 2.05) is 0 Å². The first-order valence-corrected chi connectivity index (χ1v) is 7.45. The van der Waals surface area contributed by atoms with Crippen LogP contribution in [0.2, 0.25) is 0 Å². The van der Waals surface area contributed by atoms with Crippen LogP contribution in [0.3, 0.4) is 0 Å². The molecule has 0 amide bonds. The largest absolute Gasteiger partial charge is 0.385 e. The molecular weight excluding hydrogens is 220 g/mol. The highest BCUT2D eigenvalue weighted by Crippen LogP contribution is 2.38. The van der Waals surface area contributed by atoms with E-state index in [1.54, 1.807) is 5.56 Å². The molecule has 1 saturated heterocycles. The third-order valence-corrected chi connectivity index (χ3v) is 4.61. The Morgan fingerprint density at radius 1 is 1.33 bits per heavy atom.